The van der Waals surface area contributed by atoms with Crippen molar-refractivity contribution in [3.63, 3.8) is 0 Å². The first-order chi connectivity index (χ1) is 12.0. The second-order valence-electron chi connectivity index (χ2n) is 4.78. The number of carbonyl (C=O) groups excluding carboxylic acids is 2. The molecule has 8 heteroatoms. The van der Waals surface area contributed by atoms with Gasteiger partial charge in [0.2, 0.25) is 0 Å². The van der Waals surface area contributed by atoms with Gasteiger partial charge in [-0.1, -0.05) is 17.7 Å². The lowest BCUT2D eigenvalue weighted by Crippen LogP contribution is -2.32. The summed E-state index contributed by atoms with van der Waals surface area (Å²) in [5.74, 6) is -0.663. The van der Waals surface area contributed by atoms with Gasteiger partial charge in [0.15, 0.2) is 11.5 Å². The Morgan fingerprint density at radius 1 is 1.04 bits per heavy atom. The van der Waals surface area contributed by atoms with E-state index in [1.807, 2.05) is 0 Å². The van der Waals surface area contributed by atoms with Crippen molar-refractivity contribution in [3.05, 3.63) is 53.1 Å². The number of hydrazone groups is 1. The molecule has 0 aliphatic heterocycles. The number of halogens is 1. The zero-order valence-corrected chi connectivity index (χ0v) is 14.3. The molecule has 0 aromatic heterocycles. The van der Waals surface area contributed by atoms with Gasteiger partial charge in [0.25, 0.3) is 0 Å². The number of methoxy groups -OCH3 is 2. The van der Waals surface area contributed by atoms with Crippen LogP contribution in [0.1, 0.15) is 5.56 Å². The molecule has 2 N–H and O–H groups in total. The highest BCUT2D eigenvalue weighted by Gasteiger charge is 2.13. The van der Waals surface area contributed by atoms with Crippen molar-refractivity contribution in [2.75, 3.05) is 19.5 Å². The smallest absolute Gasteiger partial charge is 0.329 e. The third kappa shape index (κ3) is 5.22. The molecule has 0 atom stereocenters. The van der Waals surface area contributed by atoms with E-state index in [1.54, 1.807) is 36.4 Å². The molecule has 0 heterocycles. The number of benzene rings is 2. The lowest BCUT2D eigenvalue weighted by Gasteiger charge is -2.07. The molecule has 0 unspecified atom stereocenters. The van der Waals surface area contributed by atoms with Gasteiger partial charge in [-0.2, -0.15) is 5.10 Å². The van der Waals surface area contributed by atoms with Crippen molar-refractivity contribution in [1.29, 1.82) is 0 Å². The van der Waals surface area contributed by atoms with Gasteiger partial charge in [0, 0.05) is 10.7 Å². The van der Waals surface area contributed by atoms with Crippen LogP contribution in [0, 0.1) is 0 Å². The van der Waals surface area contributed by atoms with Gasteiger partial charge >= 0.3 is 11.8 Å². The van der Waals surface area contributed by atoms with Crippen molar-refractivity contribution in [2.24, 2.45) is 5.10 Å². The first kappa shape index (κ1) is 18.3. The summed E-state index contributed by atoms with van der Waals surface area (Å²) in [4.78, 5) is 23.5. The lowest BCUT2D eigenvalue weighted by atomic mass is 10.2. The van der Waals surface area contributed by atoms with Gasteiger partial charge < -0.3 is 14.8 Å². The highest BCUT2D eigenvalue weighted by molar-refractivity contribution is 6.39. The van der Waals surface area contributed by atoms with Gasteiger partial charge in [0.1, 0.15) is 0 Å². The summed E-state index contributed by atoms with van der Waals surface area (Å²) >= 11 is 5.81. The lowest BCUT2D eigenvalue weighted by molar-refractivity contribution is -0.136. The summed E-state index contributed by atoms with van der Waals surface area (Å²) in [6.45, 7) is 0. The number of ether oxygens (including phenoxy) is 2. The van der Waals surface area contributed by atoms with E-state index >= 15 is 0 Å². The Hall–Kier alpha value is -3.06. The predicted octanol–water partition coefficient (Wildman–Crippen LogP) is 2.45. The first-order valence-electron chi connectivity index (χ1n) is 7.15. The zero-order valence-electron chi connectivity index (χ0n) is 13.6. The van der Waals surface area contributed by atoms with Crippen molar-refractivity contribution in [3.8, 4) is 11.5 Å². The van der Waals surface area contributed by atoms with Gasteiger partial charge in [0.05, 0.1) is 20.4 Å². The number of hydrogen-bond acceptors (Lipinski definition) is 5. The van der Waals surface area contributed by atoms with Crippen LogP contribution >= 0.6 is 11.6 Å². The summed E-state index contributed by atoms with van der Waals surface area (Å²) in [7, 11) is 3.05. The van der Waals surface area contributed by atoms with Crippen LogP contribution in [0.15, 0.2) is 47.6 Å². The molecule has 0 spiro atoms. The maximum absolute atomic E-state index is 11.8. The van der Waals surface area contributed by atoms with E-state index in [1.165, 1.54) is 26.5 Å². The second-order valence-corrected chi connectivity index (χ2v) is 5.21. The largest absolute Gasteiger partial charge is 0.493 e. The molecule has 2 aromatic carbocycles. The Bertz CT molecular complexity index is 808. The van der Waals surface area contributed by atoms with Crippen LogP contribution in [-0.2, 0) is 9.59 Å². The number of rotatable bonds is 5. The fourth-order valence-electron chi connectivity index (χ4n) is 1.90. The summed E-state index contributed by atoms with van der Waals surface area (Å²) in [5.41, 5.74) is 3.22. The highest BCUT2D eigenvalue weighted by atomic mass is 35.5. The molecular weight excluding hydrogens is 346 g/mol. The Labute approximate surface area is 149 Å². The second kappa shape index (κ2) is 8.70. The zero-order chi connectivity index (χ0) is 18.2. The van der Waals surface area contributed by atoms with Gasteiger partial charge in [-0.3, -0.25) is 9.59 Å². The SMILES string of the molecule is COc1ccc(/C=N\NC(=O)C(=O)Nc2cccc(Cl)c2)cc1OC. The van der Waals surface area contributed by atoms with Crippen LogP contribution in [0.25, 0.3) is 0 Å². The minimum Gasteiger partial charge on any atom is -0.493 e. The van der Waals surface area contributed by atoms with Gasteiger partial charge in [-0.15, -0.1) is 0 Å². The van der Waals surface area contributed by atoms with Gasteiger partial charge in [-0.05, 0) is 42.0 Å². The van der Waals surface area contributed by atoms with E-state index in [0.717, 1.165) is 0 Å². The Morgan fingerprint density at radius 3 is 2.48 bits per heavy atom. The number of nitrogens with zero attached hydrogens (tertiary/aromatic N) is 1. The van der Waals surface area contributed by atoms with Crippen LogP contribution in [0.2, 0.25) is 5.02 Å². The standard InChI is InChI=1S/C17H16ClN3O4/c1-24-14-7-6-11(8-15(14)25-2)10-19-21-17(23)16(22)20-13-5-3-4-12(18)9-13/h3-10H,1-2H3,(H,20,22)(H,21,23)/b19-10-. The quantitative estimate of drug-likeness (QED) is 0.486. The maximum Gasteiger partial charge on any atom is 0.329 e. The predicted molar refractivity (Wildman–Crippen MR) is 95.4 cm³/mol. The fourth-order valence-corrected chi connectivity index (χ4v) is 2.09. The van der Waals surface area contributed by atoms with Crippen LogP contribution in [-0.4, -0.2) is 32.2 Å². The molecule has 0 bridgehead atoms. The van der Waals surface area contributed by atoms with E-state index in [-0.39, 0.29) is 0 Å². The van der Waals surface area contributed by atoms with E-state index < -0.39 is 11.8 Å². The van der Waals surface area contributed by atoms with E-state index in [4.69, 9.17) is 21.1 Å². The summed E-state index contributed by atoms with van der Waals surface area (Å²) in [6.07, 6.45) is 1.38. The first-order valence-corrected chi connectivity index (χ1v) is 7.53. The molecule has 25 heavy (non-hydrogen) atoms. The van der Waals surface area contributed by atoms with Crippen LogP contribution < -0.4 is 20.2 Å². The molecule has 2 rings (SSSR count). The van der Waals surface area contributed by atoms with Crippen molar-refractivity contribution in [2.45, 2.75) is 0 Å². The molecule has 0 saturated carbocycles. The molecule has 7 nitrogen and oxygen atoms in total. The third-order valence-corrected chi connectivity index (χ3v) is 3.31. The molecule has 0 aliphatic carbocycles. The van der Waals surface area contributed by atoms with Crippen LogP contribution in [0.5, 0.6) is 11.5 Å². The minimum atomic E-state index is -0.906. The molecular formula is C17H16ClN3O4. The molecule has 0 aliphatic rings. The van der Waals surface area contributed by atoms with Crippen molar-refractivity contribution >= 4 is 35.3 Å². The molecule has 0 radical (unpaired) electrons. The Kier molecular flexibility index (Phi) is 6.36. The number of nitrogens with one attached hydrogen (secondary N) is 2. The molecule has 2 aromatic rings. The summed E-state index contributed by atoms with van der Waals surface area (Å²) in [6, 6.07) is 11.6. The third-order valence-electron chi connectivity index (χ3n) is 3.08. The van der Waals surface area contributed by atoms with Crippen molar-refractivity contribution in [1.82, 2.24) is 5.43 Å². The highest BCUT2D eigenvalue weighted by Crippen LogP contribution is 2.26. The summed E-state index contributed by atoms with van der Waals surface area (Å²) < 4.78 is 10.3. The van der Waals surface area contributed by atoms with E-state index in [0.29, 0.717) is 27.8 Å². The monoisotopic (exact) mass is 361 g/mol. The Balaban J connectivity index is 1.94. The van der Waals surface area contributed by atoms with Crippen LogP contribution in [0.4, 0.5) is 5.69 Å². The number of carbonyl (C=O) groups is 2. The number of amides is 2. The average molecular weight is 362 g/mol. The summed E-state index contributed by atoms with van der Waals surface area (Å²) in [5, 5.41) is 6.61. The maximum atomic E-state index is 11.8. The molecule has 2 amide bonds. The van der Waals surface area contributed by atoms with Gasteiger partial charge in [-0.25, -0.2) is 5.43 Å². The fraction of sp³-hybridized carbons (Fsp3) is 0.118. The number of anilines is 1. The topological polar surface area (TPSA) is 89.0 Å². The molecule has 130 valence electrons. The minimum absolute atomic E-state index is 0.413. The van der Waals surface area contributed by atoms with E-state index in [9.17, 15) is 9.59 Å². The Morgan fingerprint density at radius 2 is 1.80 bits per heavy atom. The average Bonchev–Trinajstić information content (AvgIpc) is 2.61. The molecule has 0 saturated heterocycles. The molecule has 0 fully saturated rings. The van der Waals surface area contributed by atoms with E-state index in [2.05, 4.69) is 15.8 Å². The van der Waals surface area contributed by atoms with Crippen molar-refractivity contribution < 1.29 is 19.1 Å². The number of hydrogen-bond donors (Lipinski definition) is 2. The normalized spacial score (nSPS) is 10.4. The van der Waals surface area contributed by atoms with Crippen LogP contribution in [0.3, 0.4) is 0 Å².